The van der Waals surface area contributed by atoms with Gasteiger partial charge in [0.25, 0.3) is 0 Å². The topological polar surface area (TPSA) is 50.8 Å². The standard InChI is InChI=1S/C13H18N2O3/c1-14-10-6-7-15(13(10)16)9-4-5-11(17-2)12(8-9)18-3/h4-5,8,10,14H,6-7H2,1-3H3. The summed E-state index contributed by atoms with van der Waals surface area (Å²) in [6.45, 7) is 0.722. The first-order valence-corrected chi connectivity index (χ1v) is 5.92. The third-order valence-corrected chi connectivity index (χ3v) is 3.23. The SMILES string of the molecule is CNC1CCN(c2ccc(OC)c(OC)c2)C1=O. The summed E-state index contributed by atoms with van der Waals surface area (Å²) >= 11 is 0. The van der Waals surface area contributed by atoms with Crippen molar-refractivity contribution in [3.63, 3.8) is 0 Å². The highest BCUT2D eigenvalue weighted by Crippen LogP contribution is 2.33. The lowest BCUT2D eigenvalue weighted by atomic mass is 10.2. The second kappa shape index (κ2) is 5.27. The number of amides is 1. The maximum absolute atomic E-state index is 12.1. The van der Waals surface area contributed by atoms with Crippen molar-refractivity contribution in [3.05, 3.63) is 18.2 Å². The van der Waals surface area contributed by atoms with Crippen molar-refractivity contribution in [1.29, 1.82) is 0 Å². The van der Waals surface area contributed by atoms with Gasteiger partial charge in [-0.25, -0.2) is 0 Å². The summed E-state index contributed by atoms with van der Waals surface area (Å²) in [5.41, 5.74) is 0.843. The molecule has 1 saturated heterocycles. The van der Waals surface area contributed by atoms with Crippen LogP contribution in [0.5, 0.6) is 11.5 Å². The monoisotopic (exact) mass is 250 g/mol. The quantitative estimate of drug-likeness (QED) is 0.867. The van der Waals surface area contributed by atoms with E-state index >= 15 is 0 Å². The van der Waals surface area contributed by atoms with Crippen LogP contribution in [0, 0.1) is 0 Å². The molecule has 0 bridgehead atoms. The molecule has 1 aromatic rings. The van der Waals surface area contributed by atoms with Gasteiger partial charge in [0.1, 0.15) is 0 Å². The molecule has 0 aliphatic carbocycles. The predicted octanol–water partition coefficient (Wildman–Crippen LogP) is 1.03. The van der Waals surface area contributed by atoms with Gasteiger partial charge in [0.2, 0.25) is 5.91 Å². The lowest BCUT2D eigenvalue weighted by Crippen LogP contribution is -2.36. The van der Waals surface area contributed by atoms with Crippen LogP contribution in [0.3, 0.4) is 0 Å². The van der Waals surface area contributed by atoms with Crippen molar-refractivity contribution < 1.29 is 14.3 Å². The summed E-state index contributed by atoms with van der Waals surface area (Å²) in [6.07, 6.45) is 0.823. The normalized spacial score (nSPS) is 19.2. The first kappa shape index (κ1) is 12.7. The summed E-state index contributed by atoms with van der Waals surface area (Å²) in [5, 5.41) is 3.02. The van der Waals surface area contributed by atoms with Crippen LogP contribution in [0.25, 0.3) is 0 Å². The van der Waals surface area contributed by atoms with Crippen LogP contribution in [0.15, 0.2) is 18.2 Å². The highest BCUT2D eigenvalue weighted by molar-refractivity contribution is 5.99. The molecule has 1 N–H and O–H groups in total. The number of rotatable bonds is 4. The Kier molecular flexibility index (Phi) is 3.72. The molecular weight excluding hydrogens is 232 g/mol. The number of hydrogen-bond acceptors (Lipinski definition) is 4. The van der Waals surface area contributed by atoms with Crippen molar-refractivity contribution in [2.24, 2.45) is 0 Å². The molecule has 1 unspecified atom stereocenters. The number of likely N-dealkylation sites (N-methyl/N-ethyl adjacent to an activating group) is 1. The lowest BCUT2D eigenvalue weighted by molar-refractivity contribution is -0.118. The van der Waals surface area contributed by atoms with Crippen LogP contribution in [0.4, 0.5) is 5.69 Å². The Labute approximate surface area is 107 Å². The molecule has 1 amide bonds. The Morgan fingerprint density at radius 1 is 1.28 bits per heavy atom. The second-order valence-electron chi connectivity index (χ2n) is 4.16. The molecule has 1 heterocycles. The predicted molar refractivity (Wildman–Crippen MR) is 69.4 cm³/mol. The Morgan fingerprint density at radius 3 is 2.56 bits per heavy atom. The fourth-order valence-corrected chi connectivity index (χ4v) is 2.20. The van der Waals surface area contributed by atoms with Crippen LogP contribution >= 0.6 is 0 Å². The Hall–Kier alpha value is -1.75. The molecule has 5 heteroatoms. The minimum absolute atomic E-state index is 0.0851. The summed E-state index contributed by atoms with van der Waals surface area (Å²) in [5.74, 6) is 1.40. The van der Waals surface area contributed by atoms with Crippen LogP contribution in [0.1, 0.15) is 6.42 Å². The molecule has 0 aromatic heterocycles. The first-order valence-electron chi connectivity index (χ1n) is 5.92. The zero-order valence-corrected chi connectivity index (χ0v) is 10.9. The molecule has 98 valence electrons. The van der Waals surface area contributed by atoms with Gasteiger partial charge in [-0.1, -0.05) is 0 Å². The van der Waals surface area contributed by atoms with Crippen LogP contribution in [-0.2, 0) is 4.79 Å². The van der Waals surface area contributed by atoms with E-state index in [9.17, 15) is 4.79 Å². The molecule has 1 aliphatic heterocycles. The van der Waals surface area contributed by atoms with E-state index in [1.807, 2.05) is 18.2 Å². The Balaban J connectivity index is 2.27. The highest BCUT2D eigenvalue weighted by atomic mass is 16.5. The van der Waals surface area contributed by atoms with E-state index in [0.29, 0.717) is 11.5 Å². The lowest BCUT2D eigenvalue weighted by Gasteiger charge is -2.18. The van der Waals surface area contributed by atoms with E-state index in [2.05, 4.69) is 5.32 Å². The van der Waals surface area contributed by atoms with Gasteiger partial charge in [0.15, 0.2) is 11.5 Å². The molecule has 1 fully saturated rings. The van der Waals surface area contributed by atoms with Gasteiger partial charge in [-0.05, 0) is 25.6 Å². The molecule has 0 radical (unpaired) electrons. The Bertz CT molecular complexity index is 448. The molecule has 1 atom stereocenters. The average Bonchev–Trinajstić information content (AvgIpc) is 2.79. The summed E-state index contributed by atoms with van der Waals surface area (Å²) in [6, 6.07) is 5.43. The number of hydrogen-bond donors (Lipinski definition) is 1. The number of benzene rings is 1. The van der Waals surface area contributed by atoms with Crippen molar-refractivity contribution in [2.45, 2.75) is 12.5 Å². The average molecular weight is 250 g/mol. The van der Waals surface area contributed by atoms with Crippen molar-refractivity contribution >= 4 is 11.6 Å². The molecule has 1 aromatic carbocycles. The van der Waals surface area contributed by atoms with Gasteiger partial charge in [0, 0.05) is 18.3 Å². The third-order valence-electron chi connectivity index (χ3n) is 3.23. The number of methoxy groups -OCH3 is 2. The fourth-order valence-electron chi connectivity index (χ4n) is 2.20. The van der Waals surface area contributed by atoms with Crippen molar-refractivity contribution in [2.75, 3.05) is 32.7 Å². The summed E-state index contributed by atoms with van der Waals surface area (Å²) in [4.78, 5) is 13.8. The van der Waals surface area contributed by atoms with Crippen molar-refractivity contribution in [1.82, 2.24) is 5.32 Å². The number of nitrogens with zero attached hydrogens (tertiary/aromatic N) is 1. The Morgan fingerprint density at radius 2 is 2.00 bits per heavy atom. The van der Waals surface area contributed by atoms with Gasteiger partial charge in [-0.2, -0.15) is 0 Å². The van der Waals surface area contributed by atoms with E-state index in [0.717, 1.165) is 18.7 Å². The van der Waals surface area contributed by atoms with E-state index in [1.54, 1.807) is 26.2 Å². The first-order chi connectivity index (χ1) is 8.71. The van der Waals surface area contributed by atoms with Crippen molar-refractivity contribution in [3.8, 4) is 11.5 Å². The summed E-state index contributed by atoms with van der Waals surface area (Å²) < 4.78 is 10.4. The number of anilines is 1. The van der Waals surface area contributed by atoms with Crippen LogP contribution in [-0.4, -0.2) is 39.8 Å². The fraction of sp³-hybridized carbons (Fsp3) is 0.462. The van der Waals surface area contributed by atoms with Gasteiger partial charge >= 0.3 is 0 Å². The third kappa shape index (κ3) is 2.13. The number of carbonyl (C=O) groups is 1. The molecule has 0 spiro atoms. The van der Waals surface area contributed by atoms with Gasteiger partial charge in [-0.15, -0.1) is 0 Å². The van der Waals surface area contributed by atoms with E-state index < -0.39 is 0 Å². The van der Waals surface area contributed by atoms with Gasteiger partial charge < -0.3 is 19.7 Å². The smallest absolute Gasteiger partial charge is 0.244 e. The highest BCUT2D eigenvalue weighted by Gasteiger charge is 2.31. The molecule has 2 rings (SSSR count). The van der Waals surface area contributed by atoms with E-state index in [-0.39, 0.29) is 11.9 Å². The van der Waals surface area contributed by atoms with E-state index in [4.69, 9.17) is 9.47 Å². The zero-order valence-electron chi connectivity index (χ0n) is 10.9. The molecular formula is C13H18N2O3. The van der Waals surface area contributed by atoms with Gasteiger partial charge in [0.05, 0.1) is 20.3 Å². The van der Waals surface area contributed by atoms with Gasteiger partial charge in [-0.3, -0.25) is 4.79 Å². The molecule has 1 aliphatic rings. The van der Waals surface area contributed by atoms with Crippen LogP contribution < -0.4 is 19.7 Å². The number of ether oxygens (including phenoxy) is 2. The number of nitrogens with one attached hydrogen (secondary N) is 1. The zero-order chi connectivity index (χ0) is 13.1. The largest absolute Gasteiger partial charge is 0.493 e. The summed E-state index contributed by atoms with van der Waals surface area (Å²) in [7, 11) is 4.99. The minimum atomic E-state index is -0.0851. The van der Waals surface area contributed by atoms with E-state index in [1.165, 1.54) is 0 Å². The number of carbonyl (C=O) groups excluding carboxylic acids is 1. The maximum Gasteiger partial charge on any atom is 0.244 e. The molecule has 18 heavy (non-hydrogen) atoms. The van der Waals surface area contributed by atoms with Crippen LogP contribution in [0.2, 0.25) is 0 Å². The molecule has 0 saturated carbocycles. The second-order valence-corrected chi connectivity index (χ2v) is 4.16. The molecule has 5 nitrogen and oxygen atoms in total. The maximum atomic E-state index is 12.1. The minimum Gasteiger partial charge on any atom is -0.493 e.